The van der Waals surface area contributed by atoms with Gasteiger partial charge in [0, 0.05) is 17.6 Å². The molecular weight excluding hydrogens is 342 g/mol. The van der Waals surface area contributed by atoms with Crippen LogP contribution < -0.4 is 0 Å². The number of ether oxygens (including phenoxy) is 1. The molecule has 0 spiro atoms. The number of carbonyl (C=O) groups excluding carboxylic acids is 1. The summed E-state index contributed by atoms with van der Waals surface area (Å²) in [6, 6.07) is 8.19. The molecule has 120 valence electrons. The van der Waals surface area contributed by atoms with Crippen molar-refractivity contribution in [1.82, 2.24) is 4.90 Å². The van der Waals surface area contributed by atoms with Crippen LogP contribution in [0.15, 0.2) is 34.8 Å². The standard InChI is InChI=1S/C18H24BrNO2/c1-18(2,3)22-17(21)20-12-10-14(11-13-20)8-9-15-6-4-5-7-16(15)19/h4-9,14H,10-13H2,1-3H3/b9-8+. The van der Waals surface area contributed by atoms with Gasteiger partial charge in [-0.2, -0.15) is 0 Å². The first-order valence-corrected chi connectivity index (χ1v) is 8.55. The van der Waals surface area contributed by atoms with E-state index in [4.69, 9.17) is 4.74 Å². The van der Waals surface area contributed by atoms with Gasteiger partial charge in [-0.1, -0.05) is 46.3 Å². The Morgan fingerprint density at radius 3 is 2.50 bits per heavy atom. The van der Waals surface area contributed by atoms with Gasteiger partial charge in [-0.15, -0.1) is 0 Å². The molecule has 0 saturated carbocycles. The maximum Gasteiger partial charge on any atom is 0.410 e. The average molecular weight is 366 g/mol. The van der Waals surface area contributed by atoms with E-state index in [0.717, 1.165) is 30.4 Å². The van der Waals surface area contributed by atoms with Gasteiger partial charge in [-0.05, 0) is 51.2 Å². The molecule has 1 saturated heterocycles. The molecule has 2 rings (SSSR count). The van der Waals surface area contributed by atoms with Crippen LogP contribution in [-0.2, 0) is 4.74 Å². The summed E-state index contributed by atoms with van der Waals surface area (Å²) in [7, 11) is 0. The first-order chi connectivity index (χ1) is 10.3. The second-order valence-corrected chi connectivity index (χ2v) is 7.54. The Morgan fingerprint density at radius 2 is 1.91 bits per heavy atom. The minimum absolute atomic E-state index is 0.194. The summed E-state index contributed by atoms with van der Waals surface area (Å²) in [5.74, 6) is 0.519. The zero-order chi connectivity index (χ0) is 16.2. The molecule has 22 heavy (non-hydrogen) atoms. The van der Waals surface area contributed by atoms with Gasteiger partial charge in [-0.3, -0.25) is 0 Å². The third kappa shape index (κ3) is 5.16. The Kier molecular flexibility index (Phi) is 5.68. The second kappa shape index (κ2) is 7.32. The topological polar surface area (TPSA) is 29.5 Å². The molecule has 1 heterocycles. The lowest BCUT2D eigenvalue weighted by molar-refractivity contribution is 0.0197. The molecule has 0 radical (unpaired) electrons. The number of allylic oxidation sites excluding steroid dienone is 1. The quantitative estimate of drug-likeness (QED) is 0.728. The Bertz CT molecular complexity index is 540. The van der Waals surface area contributed by atoms with E-state index in [-0.39, 0.29) is 6.09 Å². The number of hydrogen-bond acceptors (Lipinski definition) is 2. The van der Waals surface area contributed by atoms with Gasteiger partial charge in [-0.25, -0.2) is 4.79 Å². The summed E-state index contributed by atoms with van der Waals surface area (Å²) in [5.41, 5.74) is 0.769. The van der Waals surface area contributed by atoms with Gasteiger partial charge in [0.05, 0.1) is 0 Å². The number of piperidine rings is 1. The smallest absolute Gasteiger partial charge is 0.410 e. The summed E-state index contributed by atoms with van der Waals surface area (Å²) in [5, 5.41) is 0. The van der Waals surface area contributed by atoms with Crippen LogP contribution in [0.1, 0.15) is 39.2 Å². The fourth-order valence-electron chi connectivity index (χ4n) is 2.45. The van der Waals surface area contributed by atoms with Crippen molar-refractivity contribution in [2.45, 2.75) is 39.2 Å². The Labute approximate surface area is 141 Å². The van der Waals surface area contributed by atoms with E-state index in [2.05, 4.69) is 34.1 Å². The van der Waals surface area contributed by atoms with Crippen LogP contribution in [0.5, 0.6) is 0 Å². The van der Waals surface area contributed by atoms with E-state index < -0.39 is 5.60 Å². The minimum Gasteiger partial charge on any atom is -0.444 e. The zero-order valence-corrected chi connectivity index (χ0v) is 15.1. The van der Waals surface area contributed by atoms with Crippen molar-refractivity contribution in [2.75, 3.05) is 13.1 Å². The highest BCUT2D eigenvalue weighted by molar-refractivity contribution is 9.10. The Hall–Kier alpha value is -1.29. The number of hydrogen-bond donors (Lipinski definition) is 0. The molecule has 0 aliphatic carbocycles. The number of halogens is 1. The summed E-state index contributed by atoms with van der Waals surface area (Å²) >= 11 is 3.56. The SMILES string of the molecule is CC(C)(C)OC(=O)N1CCC(/C=C/c2ccccc2Br)CC1. The van der Waals surface area contributed by atoms with Crippen LogP contribution in [0.2, 0.25) is 0 Å². The normalized spacial score (nSPS) is 17.0. The van der Waals surface area contributed by atoms with Gasteiger partial charge in [0.2, 0.25) is 0 Å². The van der Waals surface area contributed by atoms with Gasteiger partial charge in [0.25, 0.3) is 0 Å². The molecule has 1 aromatic carbocycles. The van der Waals surface area contributed by atoms with E-state index in [1.807, 2.05) is 43.9 Å². The van der Waals surface area contributed by atoms with Crippen molar-refractivity contribution in [3.05, 3.63) is 40.4 Å². The number of amides is 1. The van der Waals surface area contributed by atoms with Gasteiger partial charge in [0.15, 0.2) is 0 Å². The van der Waals surface area contributed by atoms with Crippen LogP contribution >= 0.6 is 15.9 Å². The van der Waals surface area contributed by atoms with Crippen LogP contribution in [0.25, 0.3) is 6.08 Å². The number of benzene rings is 1. The summed E-state index contributed by atoms with van der Waals surface area (Å²) < 4.78 is 6.53. The lowest BCUT2D eigenvalue weighted by Gasteiger charge is -2.32. The molecule has 0 bridgehead atoms. The largest absolute Gasteiger partial charge is 0.444 e. The third-order valence-electron chi connectivity index (χ3n) is 3.64. The maximum absolute atomic E-state index is 12.0. The number of rotatable bonds is 2. The van der Waals surface area contributed by atoms with E-state index in [1.165, 1.54) is 5.56 Å². The highest BCUT2D eigenvalue weighted by atomic mass is 79.9. The fourth-order valence-corrected chi connectivity index (χ4v) is 2.87. The monoisotopic (exact) mass is 365 g/mol. The van der Waals surface area contributed by atoms with Crippen LogP contribution in [0.4, 0.5) is 4.79 Å². The lowest BCUT2D eigenvalue weighted by Crippen LogP contribution is -2.41. The molecule has 1 aromatic rings. The minimum atomic E-state index is -0.423. The zero-order valence-electron chi connectivity index (χ0n) is 13.5. The number of carbonyl (C=O) groups is 1. The number of likely N-dealkylation sites (tertiary alicyclic amines) is 1. The molecule has 4 heteroatoms. The van der Waals surface area contributed by atoms with Gasteiger partial charge < -0.3 is 9.64 Å². The van der Waals surface area contributed by atoms with Crippen molar-refractivity contribution in [3.63, 3.8) is 0 Å². The average Bonchev–Trinajstić information content (AvgIpc) is 2.45. The van der Waals surface area contributed by atoms with E-state index >= 15 is 0 Å². The molecule has 0 unspecified atom stereocenters. The molecule has 0 aromatic heterocycles. The van der Waals surface area contributed by atoms with Crippen molar-refractivity contribution in [1.29, 1.82) is 0 Å². The lowest BCUT2D eigenvalue weighted by atomic mass is 9.96. The van der Waals surface area contributed by atoms with E-state index in [9.17, 15) is 4.79 Å². The van der Waals surface area contributed by atoms with Gasteiger partial charge in [0.1, 0.15) is 5.60 Å². The van der Waals surface area contributed by atoms with Crippen molar-refractivity contribution < 1.29 is 9.53 Å². The molecule has 1 amide bonds. The van der Waals surface area contributed by atoms with E-state index in [1.54, 1.807) is 0 Å². The first-order valence-electron chi connectivity index (χ1n) is 7.76. The van der Waals surface area contributed by atoms with Gasteiger partial charge >= 0.3 is 6.09 Å². The molecular formula is C18H24BrNO2. The summed E-state index contributed by atoms with van der Waals surface area (Å²) in [6.45, 7) is 7.23. The Morgan fingerprint density at radius 1 is 1.27 bits per heavy atom. The molecule has 0 atom stereocenters. The summed E-state index contributed by atoms with van der Waals surface area (Å²) in [4.78, 5) is 13.8. The second-order valence-electron chi connectivity index (χ2n) is 6.69. The molecule has 0 N–H and O–H groups in total. The maximum atomic E-state index is 12.0. The predicted octanol–water partition coefficient (Wildman–Crippen LogP) is 5.11. The van der Waals surface area contributed by atoms with Crippen molar-refractivity contribution in [2.24, 2.45) is 5.92 Å². The predicted molar refractivity (Wildman–Crippen MR) is 93.7 cm³/mol. The number of nitrogens with zero attached hydrogens (tertiary/aromatic N) is 1. The molecule has 1 fully saturated rings. The molecule has 3 nitrogen and oxygen atoms in total. The van der Waals surface area contributed by atoms with Crippen molar-refractivity contribution >= 4 is 28.1 Å². The summed E-state index contributed by atoms with van der Waals surface area (Å²) in [6.07, 6.45) is 6.20. The Balaban J connectivity index is 1.85. The fraction of sp³-hybridized carbons (Fsp3) is 0.500. The van der Waals surface area contributed by atoms with E-state index in [0.29, 0.717) is 5.92 Å². The van der Waals surface area contributed by atoms with Crippen LogP contribution in [0.3, 0.4) is 0 Å². The first kappa shape index (κ1) is 17.1. The molecule has 1 aliphatic heterocycles. The van der Waals surface area contributed by atoms with Crippen LogP contribution in [0, 0.1) is 5.92 Å². The molecule has 1 aliphatic rings. The van der Waals surface area contributed by atoms with Crippen LogP contribution in [-0.4, -0.2) is 29.7 Å². The highest BCUT2D eigenvalue weighted by Crippen LogP contribution is 2.23. The highest BCUT2D eigenvalue weighted by Gasteiger charge is 2.25. The van der Waals surface area contributed by atoms with Crippen molar-refractivity contribution in [3.8, 4) is 0 Å². The third-order valence-corrected chi connectivity index (χ3v) is 4.37.